The van der Waals surface area contributed by atoms with Crippen LogP contribution in [-0.2, 0) is 11.1 Å². The van der Waals surface area contributed by atoms with E-state index < -0.39 is 7.82 Å². The summed E-state index contributed by atoms with van der Waals surface area (Å²) in [6.45, 7) is 0.603. The zero-order valence-electron chi connectivity index (χ0n) is 15.4. The molecule has 1 aliphatic carbocycles. The number of phosphoric acid groups is 1. The molecule has 0 spiro atoms. The quantitative estimate of drug-likeness (QED) is 0.573. The molecule has 7 heteroatoms. The second kappa shape index (κ2) is 8.34. The van der Waals surface area contributed by atoms with Crippen molar-refractivity contribution in [2.75, 3.05) is 0 Å². The molecule has 0 saturated carbocycles. The Balaban J connectivity index is 1.48. The first-order valence-corrected chi connectivity index (χ1v) is 10.9. The van der Waals surface area contributed by atoms with Crippen LogP contribution < -0.4 is 9.05 Å². The molecular weight excluding hydrogens is 409 g/mol. The Morgan fingerprint density at radius 3 is 2.79 bits per heavy atom. The Hall–Kier alpha value is -2.72. The maximum Gasteiger partial charge on any atom is 0.584 e. The zero-order valence-corrected chi connectivity index (χ0v) is 17.1. The van der Waals surface area contributed by atoms with Gasteiger partial charge >= 0.3 is 7.82 Å². The number of hydrogen-bond acceptors (Lipinski definition) is 4. The molecule has 2 aromatic carbocycles. The number of rotatable bonds is 6. The lowest BCUT2D eigenvalue weighted by molar-refractivity contribution is 0.291. The van der Waals surface area contributed by atoms with Crippen molar-refractivity contribution < 1.29 is 18.5 Å². The van der Waals surface area contributed by atoms with Crippen molar-refractivity contribution in [2.24, 2.45) is 0 Å². The third kappa shape index (κ3) is 4.83. The first-order chi connectivity index (χ1) is 14.0. The normalized spacial score (nSPS) is 17.1. The number of halogens is 1. The summed E-state index contributed by atoms with van der Waals surface area (Å²) in [4.78, 5) is 12.3. The van der Waals surface area contributed by atoms with Crippen LogP contribution >= 0.6 is 19.4 Å². The summed E-state index contributed by atoms with van der Waals surface area (Å²) in [5, 5.41) is 0.231. The number of hydrogen-bond donors (Lipinski definition) is 1. The molecule has 0 fully saturated rings. The van der Waals surface area contributed by atoms with Crippen molar-refractivity contribution in [3.63, 3.8) is 0 Å². The summed E-state index contributed by atoms with van der Waals surface area (Å²) >= 11 is 5.98. The van der Waals surface area contributed by atoms with Gasteiger partial charge in [0, 0.05) is 18.4 Å². The lowest BCUT2D eigenvalue weighted by atomic mass is 10.00. The van der Waals surface area contributed by atoms with Crippen LogP contribution in [-0.4, -0.2) is 9.79 Å². The summed E-state index contributed by atoms with van der Waals surface area (Å²) < 4.78 is 22.8. The lowest BCUT2D eigenvalue weighted by Crippen LogP contribution is -2.20. The molecule has 1 unspecified atom stereocenters. The topological polar surface area (TPSA) is 59.0 Å². The van der Waals surface area contributed by atoms with Crippen molar-refractivity contribution in [3.05, 3.63) is 107 Å². The van der Waals surface area contributed by atoms with E-state index in [1.165, 1.54) is 11.6 Å². The number of benzene rings is 2. The highest BCUT2D eigenvalue weighted by atomic mass is 35.5. The minimum atomic E-state index is -4.39. The summed E-state index contributed by atoms with van der Waals surface area (Å²) in [6.07, 6.45) is 13.3. The predicted molar refractivity (Wildman–Crippen MR) is 114 cm³/mol. The number of fused-ring (bicyclic) bond motifs is 1. The SMILES string of the molecule is O=P(O)(Oc1cccc(CN2C=CC=C3CC=CC=C32)c1)Oc1ccccc1Cl. The molecule has 1 heterocycles. The Bertz CT molecular complexity index is 1090. The molecule has 2 aliphatic rings. The van der Waals surface area contributed by atoms with E-state index in [0.29, 0.717) is 6.54 Å². The van der Waals surface area contributed by atoms with Gasteiger partial charge in [0.15, 0.2) is 5.75 Å². The van der Waals surface area contributed by atoms with Crippen LogP contribution in [0, 0.1) is 0 Å². The Morgan fingerprint density at radius 2 is 1.93 bits per heavy atom. The molecule has 2 aromatic rings. The van der Waals surface area contributed by atoms with Crippen LogP contribution in [0.15, 0.2) is 96.4 Å². The molecule has 1 N–H and O–H groups in total. The highest BCUT2D eigenvalue weighted by Crippen LogP contribution is 2.46. The molecule has 0 amide bonds. The maximum absolute atomic E-state index is 12.4. The summed E-state index contributed by atoms with van der Waals surface area (Å²) in [7, 11) is -4.39. The van der Waals surface area contributed by atoms with Crippen LogP contribution in [0.4, 0.5) is 0 Å². The predicted octanol–water partition coefficient (Wildman–Crippen LogP) is 6.00. The maximum atomic E-state index is 12.4. The van der Waals surface area contributed by atoms with Gasteiger partial charge in [-0.3, -0.25) is 4.89 Å². The van der Waals surface area contributed by atoms with Crippen molar-refractivity contribution in [1.82, 2.24) is 4.90 Å². The third-order valence-electron chi connectivity index (χ3n) is 4.45. The second-order valence-corrected chi connectivity index (χ2v) is 8.28. The van der Waals surface area contributed by atoms with Crippen LogP contribution in [0.2, 0.25) is 5.02 Å². The van der Waals surface area contributed by atoms with Gasteiger partial charge < -0.3 is 13.9 Å². The minimum Gasteiger partial charge on any atom is -0.395 e. The number of para-hydroxylation sites is 1. The average Bonchev–Trinajstić information content (AvgIpc) is 2.70. The van der Waals surface area contributed by atoms with Gasteiger partial charge in [0.25, 0.3) is 0 Å². The van der Waals surface area contributed by atoms with Crippen molar-refractivity contribution in [3.8, 4) is 11.5 Å². The van der Waals surface area contributed by atoms with Crippen LogP contribution in [0.5, 0.6) is 11.5 Å². The molecule has 4 rings (SSSR count). The van der Waals surface area contributed by atoms with Gasteiger partial charge in [-0.1, -0.05) is 54.1 Å². The van der Waals surface area contributed by atoms with E-state index in [1.54, 1.807) is 36.4 Å². The van der Waals surface area contributed by atoms with E-state index in [2.05, 4.69) is 23.1 Å². The van der Waals surface area contributed by atoms with Crippen molar-refractivity contribution >= 4 is 19.4 Å². The highest BCUT2D eigenvalue weighted by Gasteiger charge is 2.26. The fourth-order valence-corrected chi connectivity index (χ4v) is 4.23. The summed E-state index contributed by atoms with van der Waals surface area (Å²) in [5.41, 5.74) is 3.34. The molecule has 0 bridgehead atoms. The molecule has 0 radical (unpaired) electrons. The van der Waals surface area contributed by atoms with Crippen molar-refractivity contribution in [2.45, 2.75) is 13.0 Å². The van der Waals surface area contributed by atoms with E-state index in [9.17, 15) is 9.46 Å². The van der Waals surface area contributed by atoms with E-state index in [-0.39, 0.29) is 16.5 Å². The Labute approximate surface area is 174 Å². The number of phosphoric ester groups is 1. The van der Waals surface area contributed by atoms with Gasteiger partial charge in [-0.15, -0.1) is 0 Å². The Kier molecular flexibility index (Phi) is 5.63. The standard InChI is InChI=1S/C22H19ClNO4P/c23-20-11-2-4-13-22(20)28-29(25,26)27-19-10-5-7-17(15-19)16-24-14-6-9-18-8-1-3-12-21(18)24/h1-7,9-15H,8,16H2,(H,25,26). The molecule has 0 aromatic heterocycles. The van der Waals surface area contributed by atoms with Gasteiger partial charge in [0.1, 0.15) is 5.75 Å². The molecule has 1 atom stereocenters. The fourth-order valence-electron chi connectivity index (χ4n) is 3.17. The molecule has 148 valence electrons. The summed E-state index contributed by atoms with van der Waals surface area (Å²) in [5.74, 6) is 0.334. The number of nitrogens with zero attached hydrogens (tertiary/aromatic N) is 1. The molecule has 0 saturated heterocycles. The average molecular weight is 428 g/mol. The molecule has 29 heavy (non-hydrogen) atoms. The first kappa shape index (κ1) is 19.6. The van der Waals surface area contributed by atoms with E-state index in [1.807, 2.05) is 24.4 Å². The van der Waals surface area contributed by atoms with Gasteiger partial charge in [-0.05, 0) is 54.0 Å². The minimum absolute atomic E-state index is 0.0891. The number of allylic oxidation sites excluding steroid dienone is 6. The van der Waals surface area contributed by atoms with E-state index >= 15 is 0 Å². The van der Waals surface area contributed by atoms with Crippen LogP contribution in [0.1, 0.15) is 12.0 Å². The lowest BCUT2D eigenvalue weighted by Gasteiger charge is -2.29. The van der Waals surface area contributed by atoms with Crippen molar-refractivity contribution in [1.29, 1.82) is 0 Å². The summed E-state index contributed by atoms with van der Waals surface area (Å²) in [6, 6.07) is 13.5. The zero-order chi connectivity index (χ0) is 20.3. The molecule has 5 nitrogen and oxygen atoms in total. The largest absolute Gasteiger partial charge is 0.584 e. The van der Waals surface area contributed by atoms with Gasteiger partial charge in [-0.25, -0.2) is 4.57 Å². The molecule has 1 aliphatic heterocycles. The van der Waals surface area contributed by atoms with Gasteiger partial charge in [-0.2, -0.15) is 0 Å². The van der Waals surface area contributed by atoms with E-state index in [4.69, 9.17) is 20.6 Å². The second-order valence-electron chi connectivity index (χ2n) is 6.57. The monoisotopic (exact) mass is 427 g/mol. The van der Waals surface area contributed by atoms with E-state index in [0.717, 1.165) is 17.7 Å². The van der Waals surface area contributed by atoms with Gasteiger partial charge in [0.2, 0.25) is 0 Å². The molecular formula is C22H19ClNO4P. The first-order valence-electron chi connectivity index (χ1n) is 9.07. The third-order valence-corrected chi connectivity index (χ3v) is 5.63. The highest BCUT2D eigenvalue weighted by molar-refractivity contribution is 7.48. The van der Waals surface area contributed by atoms with Crippen LogP contribution in [0.3, 0.4) is 0 Å². The Morgan fingerprint density at radius 1 is 1.07 bits per heavy atom. The smallest absolute Gasteiger partial charge is 0.395 e. The van der Waals surface area contributed by atoms with Crippen LogP contribution in [0.25, 0.3) is 0 Å². The fraction of sp³-hybridized carbons (Fsp3) is 0.0909. The van der Waals surface area contributed by atoms with Gasteiger partial charge in [0.05, 0.1) is 5.02 Å².